The average Bonchev–Trinajstić information content (AvgIpc) is 2.77. The van der Waals surface area contributed by atoms with E-state index in [1.165, 1.54) is 5.57 Å². The van der Waals surface area contributed by atoms with Crippen molar-refractivity contribution < 1.29 is 15.0 Å². The van der Waals surface area contributed by atoms with Crippen LogP contribution in [0.3, 0.4) is 0 Å². The number of carbonyl (C=O) groups is 1. The van der Waals surface area contributed by atoms with Crippen LogP contribution in [0, 0.1) is 40.4 Å². The Morgan fingerprint density at radius 3 is 2.48 bits per heavy atom. The van der Waals surface area contributed by atoms with E-state index in [1.54, 1.807) is 0 Å². The molecule has 0 aromatic carbocycles. The number of fused-ring (bicyclic) bond motifs is 5. The predicted molar refractivity (Wildman–Crippen MR) is 97.8 cm³/mol. The minimum atomic E-state index is -0.570. The lowest BCUT2D eigenvalue weighted by Crippen LogP contribution is -2.59. The predicted octanol–water partition coefficient (Wildman–Crippen LogP) is 3.73. The molecule has 4 aliphatic carbocycles. The zero-order valence-electron chi connectivity index (χ0n) is 16.2. The second-order valence-corrected chi connectivity index (χ2v) is 10.2. The van der Waals surface area contributed by atoms with Gasteiger partial charge in [-0.25, -0.2) is 0 Å². The van der Waals surface area contributed by atoms with Gasteiger partial charge in [-0.05, 0) is 80.1 Å². The Labute approximate surface area is 151 Å². The summed E-state index contributed by atoms with van der Waals surface area (Å²) in [4.78, 5) is 12.2. The molecule has 8 atom stereocenters. The summed E-state index contributed by atoms with van der Waals surface area (Å²) in [6.45, 7) is 9.02. The second-order valence-electron chi connectivity index (χ2n) is 10.2. The molecule has 0 saturated heterocycles. The van der Waals surface area contributed by atoms with Gasteiger partial charge >= 0.3 is 0 Å². The Balaban J connectivity index is 1.80. The van der Waals surface area contributed by atoms with E-state index in [2.05, 4.69) is 20.8 Å². The van der Waals surface area contributed by atoms with E-state index in [-0.39, 0.29) is 29.1 Å². The van der Waals surface area contributed by atoms with Crippen LogP contribution in [-0.2, 0) is 4.79 Å². The van der Waals surface area contributed by atoms with Gasteiger partial charge in [-0.3, -0.25) is 4.79 Å². The third-order valence-electron chi connectivity index (χ3n) is 9.34. The number of aliphatic hydroxyl groups excluding tert-OH is 1. The highest BCUT2D eigenvalue weighted by Crippen LogP contribution is 2.69. The number of carbonyl (C=O) groups excluding carboxylic acids is 1. The van der Waals surface area contributed by atoms with Crippen LogP contribution in [-0.4, -0.2) is 28.2 Å². The molecule has 0 aromatic rings. The Morgan fingerprint density at radius 2 is 1.80 bits per heavy atom. The molecule has 0 amide bonds. The van der Waals surface area contributed by atoms with Gasteiger partial charge < -0.3 is 10.2 Å². The molecule has 4 aliphatic rings. The lowest BCUT2D eigenvalue weighted by Gasteiger charge is -2.62. The summed E-state index contributed by atoms with van der Waals surface area (Å²) in [6, 6.07) is 0. The molecular formula is C22H34O3. The van der Waals surface area contributed by atoms with Gasteiger partial charge in [0.05, 0.1) is 12.2 Å². The van der Waals surface area contributed by atoms with Crippen molar-refractivity contribution in [3.05, 3.63) is 11.6 Å². The van der Waals surface area contributed by atoms with E-state index < -0.39 is 5.60 Å². The van der Waals surface area contributed by atoms with Crippen molar-refractivity contribution >= 4 is 5.78 Å². The number of rotatable bonds is 1. The fourth-order valence-corrected chi connectivity index (χ4v) is 7.73. The summed E-state index contributed by atoms with van der Waals surface area (Å²) in [5.74, 6) is 2.51. The van der Waals surface area contributed by atoms with Crippen LogP contribution >= 0.6 is 0 Å². The first-order valence-corrected chi connectivity index (χ1v) is 10.2. The van der Waals surface area contributed by atoms with E-state index in [0.717, 1.165) is 32.1 Å². The van der Waals surface area contributed by atoms with E-state index in [9.17, 15) is 15.0 Å². The molecule has 3 nitrogen and oxygen atoms in total. The SMILES string of the molecule is CC1CC2=CC(=O)CC(C)[C@]2(CO)[C@@H]2CC[C@@]3(C)[C@@H](CCC3(C)O)[C@H]12. The van der Waals surface area contributed by atoms with Crippen molar-refractivity contribution in [1.82, 2.24) is 0 Å². The molecule has 3 unspecified atom stereocenters. The van der Waals surface area contributed by atoms with Crippen LogP contribution in [0.15, 0.2) is 11.6 Å². The highest BCUT2D eigenvalue weighted by Gasteiger charge is 2.65. The minimum Gasteiger partial charge on any atom is -0.395 e. The lowest BCUT2D eigenvalue weighted by molar-refractivity contribution is -0.149. The molecule has 140 valence electrons. The Kier molecular flexibility index (Phi) is 3.84. The zero-order chi connectivity index (χ0) is 18.2. The van der Waals surface area contributed by atoms with E-state index in [0.29, 0.717) is 30.1 Å². The van der Waals surface area contributed by atoms with Crippen molar-refractivity contribution in [1.29, 1.82) is 0 Å². The van der Waals surface area contributed by atoms with E-state index >= 15 is 0 Å². The van der Waals surface area contributed by atoms with Gasteiger partial charge in [-0.15, -0.1) is 0 Å². The Morgan fingerprint density at radius 1 is 1.12 bits per heavy atom. The molecule has 4 rings (SSSR count). The normalized spacial score (nSPS) is 55.2. The zero-order valence-corrected chi connectivity index (χ0v) is 16.2. The molecule has 0 aliphatic heterocycles. The molecule has 0 bridgehead atoms. The van der Waals surface area contributed by atoms with Gasteiger partial charge in [0, 0.05) is 11.8 Å². The molecule has 0 radical (unpaired) electrons. The van der Waals surface area contributed by atoms with Crippen molar-refractivity contribution in [3.8, 4) is 0 Å². The van der Waals surface area contributed by atoms with Gasteiger partial charge in [0.1, 0.15) is 0 Å². The van der Waals surface area contributed by atoms with E-state index in [1.807, 2.05) is 13.0 Å². The van der Waals surface area contributed by atoms with Crippen LogP contribution < -0.4 is 0 Å². The van der Waals surface area contributed by atoms with Crippen LogP contribution in [0.1, 0.15) is 66.2 Å². The fraction of sp³-hybridized carbons (Fsp3) is 0.864. The molecule has 3 saturated carbocycles. The standard InChI is InChI=1S/C22H34O3/c1-13-9-15-11-16(24)10-14(2)22(15,12-23)18-5-7-20(3)17(19(13)18)6-8-21(20,4)25/h11,13-14,17-19,23,25H,5-10,12H2,1-4H3/t13?,14?,17-,18+,19-,20-,21?,22-/m0/s1. The van der Waals surface area contributed by atoms with Crippen molar-refractivity contribution in [2.45, 2.75) is 71.8 Å². The number of hydrogen-bond donors (Lipinski definition) is 2. The van der Waals surface area contributed by atoms with Crippen molar-refractivity contribution in [2.24, 2.45) is 40.4 Å². The first-order chi connectivity index (χ1) is 11.7. The fourth-order valence-electron chi connectivity index (χ4n) is 7.73. The Hall–Kier alpha value is -0.670. The number of hydrogen-bond acceptors (Lipinski definition) is 3. The summed E-state index contributed by atoms with van der Waals surface area (Å²) in [5, 5.41) is 21.6. The van der Waals surface area contributed by atoms with Crippen molar-refractivity contribution in [2.75, 3.05) is 6.61 Å². The highest BCUT2D eigenvalue weighted by molar-refractivity contribution is 5.92. The molecule has 2 N–H and O–H groups in total. The Bertz CT molecular complexity index is 621. The van der Waals surface area contributed by atoms with Gasteiger partial charge in [0.2, 0.25) is 0 Å². The monoisotopic (exact) mass is 346 g/mol. The minimum absolute atomic E-state index is 0.00594. The average molecular weight is 347 g/mol. The first-order valence-electron chi connectivity index (χ1n) is 10.2. The summed E-state index contributed by atoms with van der Waals surface area (Å²) in [7, 11) is 0. The third kappa shape index (κ3) is 2.09. The molecule has 3 fully saturated rings. The molecule has 0 heterocycles. The summed E-state index contributed by atoms with van der Waals surface area (Å²) >= 11 is 0. The molecule has 25 heavy (non-hydrogen) atoms. The van der Waals surface area contributed by atoms with Crippen molar-refractivity contribution in [3.63, 3.8) is 0 Å². The molecular weight excluding hydrogens is 312 g/mol. The smallest absolute Gasteiger partial charge is 0.155 e. The summed E-state index contributed by atoms with van der Waals surface area (Å²) in [5.41, 5.74) is 0.439. The van der Waals surface area contributed by atoms with Gasteiger partial charge in [-0.2, -0.15) is 0 Å². The van der Waals surface area contributed by atoms with E-state index in [4.69, 9.17) is 0 Å². The summed E-state index contributed by atoms with van der Waals surface area (Å²) < 4.78 is 0. The molecule has 0 spiro atoms. The highest BCUT2D eigenvalue weighted by atomic mass is 16.3. The van der Waals surface area contributed by atoms with Gasteiger partial charge in [0.25, 0.3) is 0 Å². The number of ketones is 1. The topological polar surface area (TPSA) is 57.5 Å². The van der Waals surface area contributed by atoms with Crippen LogP contribution in [0.25, 0.3) is 0 Å². The quantitative estimate of drug-likeness (QED) is 0.760. The number of aliphatic hydroxyl groups is 2. The largest absolute Gasteiger partial charge is 0.395 e. The van der Waals surface area contributed by atoms with Crippen LogP contribution in [0.2, 0.25) is 0 Å². The van der Waals surface area contributed by atoms with Gasteiger partial charge in [-0.1, -0.05) is 26.3 Å². The lowest BCUT2D eigenvalue weighted by atomic mass is 9.42. The maximum atomic E-state index is 12.2. The second kappa shape index (κ2) is 5.42. The maximum Gasteiger partial charge on any atom is 0.155 e. The molecule has 3 heteroatoms. The first kappa shape index (κ1) is 17.7. The summed E-state index contributed by atoms with van der Waals surface area (Å²) in [6.07, 6.45) is 7.48. The third-order valence-corrected chi connectivity index (χ3v) is 9.34. The maximum absolute atomic E-state index is 12.2. The van der Waals surface area contributed by atoms with Crippen LogP contribution in [0.4, 0.5) is 0 Å². The van der Waals surface area contributed by atoms with Crippen LogP contribution in [0.5, 0.6) is 0 Å². The molecule has 0 aromatic heterocycles. The van der Waals surface area contributed by atoms with Gasteiger partial charge in [0.15, 0.2) is 5.78 Å².